The van der Waals surface area contributed by atoms with E-state index in [1.165, 1.54) is 6.08 Å². The molecule has 0 aromatic heterocycles. The summed E-state index contributed by atoms with van der Waals surface area (Å²) in [5, 5.41) is 16.6. The lowest BCUT2D eigenvalue weighted by molar-refractivity contribution is 0.244. The fourth-order valence-corrected chi connectivity index (χ4v) is 0.275. The first-order valence-corrected chi connectivity index (χ1v) is 2.43. The van der Waals surface area contributed by atoms with Gasteiger partial charge in [0.1, 0.15) is 0 Å². The lowest BCUT2D eigenvalue weighted by atomic mass is 10.3. The summed E-state index contributed by atoms with van der Waals surface area (Å²) in [7, 11) is 0. The van der Waals surface area contributed by atoms with Crippen molar-refractivity contribution in [2.24, 2.45) is 0 Å². The standard InChI is InChI=1S/C6H10O2/c1-6(8)4-2-3-5-7/h2-8H,1H3. The van der Waals surface area contributed by atoms with Crippen LogP contribution in [0.3, 0.4) is 0 Å². The fourth-order valence-electron chi connectivity index (χ4n) is 0.275. The number of hydrogen-bond acceptors (Lipinski definition) is 2. The van der Waals surface area contributed by atoms with Crippen LogP contribution in [0.2, 0.25) is 0 Å². The molecule has 0 aromatic rings. The second-order valence-corrected chi connectivity index (χ2v) is 1.47. The predicted molar refractivity (Wildman–Crippen MR) is 32.6 cm³/mol. The van der Waals surface area contributed by atoms with Gasteiger partial charge < -0.3 is 10.2 Å². The van der Waals surface area contributed by atoms with Gasteiger partial charge in [-0.05, 0) is 13.0 Å². The molecule has 0 rings (SSSR count). The molecule has 0 fully saturated rings. The quantitative estimate of drug-likeness (QED) is 0.415. The summed E-state index contributed by atoms with van der Waals surface area (Å²) in [4.78, 5) is 0. The molecule has 1 unspecified atom stereocenters. The molecule has 0 spiro atoms. The lowest BCUT2D eigenvalue weighted by Crippen LogP contribution is -1.90. The minimum Gasteiger partial charge on any atom is -0.516 e. The third-order valence-electron chi connectivity index (χ3n) is 0.587. The van der Waals surface area contributed by atoms with E-state index >= 15 is 0 Å². The van der Waals surface area contributed by atoms with Crippen molar-refractivity contribution in [1.29, 1.82) is 0 Å². The summed E-state index contributed by atoms with van der Waals surface area (Å²) in [5.41, 5.74) is 0. The molecule has 0 amide bonds. The Bertz CT molecular complexity index is 92.7. The van der Waals surface area contributed by atoms with Crippen LogP contribution in [0.15, 0.2) is 24.5 Å². The Kier molecular flexibility index (Phi) is 3.98. The van der Waals surface area contributed by atoms with Crippen molar-refractivity contribution in [3.8, 4) is 0 Å². The maximum absolute atomic E-state index is 8.58. The van der Waals surface area contributed by atoms with Crippen LogP contribution >= 0.6 is 0 Å². The highest BCUT2D eigenvalue weighted by Gasteiger charge is 1.79. The first-order chi connectivity index (χ1) is 3.77. The van der Waals surface area contributed by atoms with Crippen LogP contribution in [0.4, 0.5) is 0 Å². The van der Waals surface area contributed by atoms with E-state index in [9.17, 15) is 0 Å². The van der Waals surface area contributed by atoms with Crippen molar-refractivity contribution >= 4 is 0 Å². The Labute approximate surface area is 48.8 Å². The molecular weight excluding hydrogens is 104 g/mol. The first kappa shape index (κ1) is 7.24. The minimum atomic E-state index is -0.439. The van der Waals surface area contributed by atoms with Gasteiger partial charge in [0, 0.05) is 0 Å². The van der Waals surface area contributed by atoms with Crippen LogP contribution in [0.25, 0.3) is 0 Å². The second kappa shape index (κ2) is 4.40. The number of rotatable bonds is 2. The number of aliphatic hydroxyl groups is 2. The van der Waals surface area contributed by atoms with Crippen LogP contribution in [-0.4, -0.2) is 16.3 Å². The number of aliphatic hydroxyl groups excluding tert-OH is 2. The van der Waals surface area contributed by atoms with E-state index in [0.29, 0.717) is 0 Å². The molecule has 46 valence electrons. The Morgan fingerprint density at radius 1 is 1.38 bits per heavy atom. The summed E-state index contributed by atoms with van der Waals surface area (Å²) in [6, 6.07) is 0. The molecule has 2 nitrogen and oxygen atoms in total. The van der Waals surface area contributed by atoms with Gasteiger partial charge in [-0.3, -0.25) is 0 Å². The van der Waals surface area contributed by atoms with E-state index in [0.717, 1.165) is 6.26 Å². The first-order valence-electron chi connectivity index (χ1n) is 2.43. The van der Waals surface area contributed by atoms with Crippen LogP contribution in [0.5, 0.6) is 0 Å². The van der Waals surface area contributed by atoms with E-state index in [1.807, 2.05) is 0 Å². The average Bonchev–Trinajstić information content (AvgIpc) is 1.66. The molecule has 0 aliphatic heterocycles. The van der Waals surface area contributed by atoms with Gasteiger partial charge in [0.25, 0.3) is 0 Å². The van der Waals surface area contributed by atoms with Gasteiger partial charge in [-0.1, -0.05) is 12.2 Å². The summed E-state index contributed by atoms with van der Waals surface area (Å²) in [5.74, 6) is 0. The molecule has 8 heavy (non-hydrogen) atoms. The van der Waals surface area contributed by atoms with Crippen LogP contribution in [0, 0.1) is 0 Å². The van der Waals surface area contributed by atoms with Crippen molar-refractivity contribution < 1.29 is 10.2 Å². The van der Waals surface area contributed by atoms with Crippen LogP contribution in [0.1, 0.15) is 6.92 Å². The van der Waals surface area contributed by atoms with Gasteiger partial charge in [0.2, 0.25) is 0 Å². The van der Waals surface area contributed by atoms with E-state index in [1.54, 1.807) is 19.1 Å². The topological polar surface area (TPSA) is 40.5 Å². The summed E-state index contributed by atoms with van der Waals surface area (Å²) in [6.45, 7) is 1.64. The van der Waals surface area contributed by atoms with E-state index in [4.69, 9.17) is 10.2 Å². The predicted octanol–water partition coefficient (Wildman–Crippen LogP) is 0.995. The van der Waals surface area contributed by atoms with E-state index in [2.05, 4.69) is 0 Å². The monoisotopic (exact) mass is 114 g/mol. The molecule has 0 aliphatic rings. The Morgan fingerprint density at radius 2 is 2.00 bits per heavy atom. The molecular formula is C6H10O2. The van der Waals surface area contributed by atoms with Gasteiger partial charge in [0.05, 0.1) is 12.4 Å². The van der Waals surface area contributed by atoms with Crippen molar-refractivity contribution in [2.45, 2.75) is 13.0 Å². The Morgan fingerprint density at radius 3 is 2.38 bits per heavy atom. The SMILES string of the molecule is CC(O)C=CC=CO. The summed E-state index contributed by atoms with van der Waals surface area (Å²) < 4.78 is 0. The summed E-state index contributed by atoms with van der Waals surface area (Å²) >= 11 is 0. The average molecular weight is 114 g/mol. The van der Waals surface area contributed by atoms with Gasteiger partial charge in [-0.15, -0.1) is 0 Å². The zero-order valence-corrected chi connectivity index (χ0v) is 4.78. The highest BCUT2D eigenvalue weighted by atomic mass is 16.3. The Hall–Kier alpha value is -0.760. The third-order valence-corrected chi connectivity index (χ3v) is 0.587. The lowest BCUT2D eigenvalue weighted by Gasteiger charge is -1.87. The number of allylic oxidation sites excluding steroid dienone is 2. The molecule has 0 heterocycles. The molecule has 0 saturated heterocycles. The van der Waals surface area contributed by atoms with Gasteiger partial charge in [-0.25, -0.2) is 0 Å². The zero-order chi connectivity index (χ0) is 6.41. The molecule has 2 heteroatoms. The van der Waals surface area contributed by atoms with Crippen molar-refractivity contribution in [3.63, 3.8) is 0 Å². The van der Waals surface area contributed by atoms with Crippen LogP contribution < -0.4 is 0 Å². The fraction of sp³-hybridized carbons (Fsp3) is 0.333. The zero-order valence-electron chi connectivity index (χ0n) is 4.78. The molecule has 1 atom stereocenters. The molecule has 2 N–H and O–H groups in total. The Balaban J connectivity index is 3.34. The molecule has 0 saturated carbocycles. The smallest absolute Gasteiger partial charge is 0.0791 e. The molecule has 0 radical (unpaired) electrons. The maximum atomic E-state index is 8.58. The molecule has 0 bridgehead atoms. The minimum absolute atomic E-state index is 0.439. The van der Waals surface area contributed by atoms with Crippen molar-refractivity contribution in [2.75, 3.05) is 0 Å². The maximum Gasteiger partial charge on any atom is 0.0791 e. The number of hydrogen-bond donors (Lipinski definition) is 2. The highest BCUT2D eigenvalue weighted by Crippen LogP contribution is 1.81. The molecule has 0 aromatic carbocycles. The van der Waals surface area contributed by atoms with Gasteiger partial charge in [0.15, 0.2) is 0 Å². The van der Waals surface area contributed by atoms with E-state index in [-0.39, 0.29) is 0 Å². The second-order valence-electron chi connectivity index (χ2n) is 1.47. The third kappa shape index (κ3) is 5.24. The van der Waals surface area contributed by atoms with Gasteiger partial charge in [-0.2, -0.15) is 0 Å². The van der Waals surface area contributed by atoms with Gasteiger partial charge >= 0.3 is 0 Å². The summed E-state index contributed by atoms with van der Waals surface area (Å²) in [6.07, 6.45) is 5.05. The normalized spacial score (nSPS) is 15.8. The van der Waals surface area contributed by atoms with Crippen molar-refractivity contribution in [3.05, 3.63) is 24.5 Å². The van der Waals surface area contributed by atoms with Crippen LogP contribution in [-0.2, 0) is 0 Å². The molecule has 0 aliphatic carbocycles. The highest BCUT2D eigenvalue weighted by molar-refractivity contribution is 5.00. The van der Waals surface area contributed by atoms with E-state index < -0.39 is 6.10 Å². The van der Waals surface area contributed by atoms with Crippen molar-refractivity contribution in [1.82, 2.24) is 0 Å². The largest absolute Gasteiger partial charge is 0.516 e.